The van der Waals surface area contributed by atoms with Crippen LogP contribution in [0.15, 0.2) is 16.6 Å². The van der Waals surface area contributed by atoms with Crippen LogP contribution in [-0.2, 0) is 12.2 Å². The molecule has 1 aliphatic heterocycles. The zero-order chi connectivity index (χ0) is 13.4. The summed E-state index contributed by atoms with van der Waals surface area (Å²) >= 11 is 9.55. The maximum absolute atomic E-state index is 3.63. The van der Waals surface area contributed by atoms with E-state index in [2.05, 4.69) is 59.1 Å². The van der Waals surface area contributed by atoms with Gasteiger partial charge in [0, 0.05) is 29.7 Å². The average molecular weight is 374 g/mol. The number of halogens is 1. The molecular formula is C14H16BrNS3. The summed E-state index contributed by atoms with van der Waals surface area (Å²) in [6.45, 7) is 2.17. The minimum atomic E-state index is 0.343. The number of aryl methyl sites for hydroxylation is 2. The van der Waals surface area contributed by atoms with Crippen LogP contribution in [0.4, 0.5) is 0 Å². The number of nitrogens with one attached hydrogen (secondary N) is 1. The van der Waals surface area contributed by atoms with Crippen LogP contribution in [0.3, 0.4) is 0 Å². The maximum Gasteiger partial charge on any atom is 0.0763 e. The van der Waals surface area contributed by atoms with E-state index in [-0.39, 0.29) is 0 Å². The smallest absolute Gasteiger partial charge is 0.0763 e. The molecule has 1 atom stereocenters. The lowest BCUT2D eigenvalue weighted by Gasteiger charge is -2.12. The Balaban J connectivity index is 1.95. The quantitative estimate of drug-likeness (QED) is 0.813. The lowest BCUT2D eigenvalue weighted by atomic mass is 10.1. The summed E-state index contributed by atoms with van der Waals surface area (Å²) in [5, 5.41) is 3.48. The maximum atomic E-state index is 3.63. The molecule has 102 valence electrons. The Bertz CT molecular complexity index is 545. The molecular weight excluding hydrogens is 358 g/mol. The third-order valence-electron chi connectivity index (χ3n) is 3.38. The fourth-order valence-electron chi connectivity index (χ4n) is 2.36. The standard InChI is InChI=1S/C14H16BrNS3/c1-8-10(15)6-13(18-8)14(16-2)12-5-9-7-17-4-3-11(9)19-12/h5-6,14,16H,3-4,7H2,1-2H3. The zero-order valence-corrected chi connectivity index (χ0v) is 15.0. The van der Waals surface area contributed by atoms with Crippen LogP contribution in [-0.4, -0.2) is 12.8 Å². The molecule has 1 N–H and O–H groups in total. The second-order valence-corrected chi connectivity index (χ2v) is 9.09. The van der Waals surface area contributed by atoms with Gasteiger partial charge in [0.05, 0.1) is 6.04 Å². The first-order chi connectivity index (χ1) is 9.19. The normalized spacial score (nSPS) is 16.4. The molecule has 1 unspecified atom stereocenters. The van der Waals surface area contributed by atoms with E-state index in [1.165, 1.54) is 37.0 Å². The molecule has 19 heavy (non-hydrogen) atoms. The fraction of sp³-hybridized carbons (Fsp3) is 0.429. The van der Waals surface area contributed by atoms with Crippen molar-refractivity contribution >= 4 is 50.4 Å². The summed E-state index contributed by atoms with van der Waals surface area (Å²) in [6, 6.07) is 5.01. The van der Waals surface area contributed by atoms with Gasteiger partial charge in [0.25, 0.3) is 0 Å². The Morgan fingerprint density at radius 1 is 1.26 bits per heavy atom. The first-order valence-electron chi connectivity index (χ1n) is 6.31. The van der Waals surface area contributed by atoms with Crippen molar-refractivity contribution in [2.75, 3.05) is 12.8 Å². The topological polar surface area (TPSA) is 12.0 Å². The Morgan fingerprint density at radius 2 is 2.05 bits per heavy atom. The molecule has 1 aliphatic rings. The highest BCUT2D eigenvalue weighted by molar-refractivity contribution is 9.10. The SMILES string of the molecule is CNC(c1cc(Br)c(C)s1)c1cc2c(s1)CCSC2. The van der Waals surface area contributed by atoms with Crippen LogP contribution in [0.25, 0.3) is 0 Å². The molecule has 0 aromatic carbocycles. The summed E-state index contributed by atoms with van der Waals surface area (Å²) < 4.78 is 1.23. The predicted molar refractivity (Wildman–Crippen MR) is 91.8 cm³/mol. The molecule has 2 aromatic heterocycles. The third-order valence-corrected chi connectivity index (χ3v) is 7.89. The van der Waals surface area contributed by atoms with Crippen molar-refractivity contribution in [2.24, 2.45) is 0 Å². The van der Waals surface area contributed by atoms with Crippen LogP contribution in [0.1, 0.15) is 31.1 Å². The van der Waals surface area contributed by atoms with E-state index in [1.54, 1.807) is 10.4 Å². The van der Waals surface area contributed by atoms with Crippen LogP contribution in [0, 0.1) is 6.92 Å². The molecule has 5 heteroatoms. The van der Waals surface area contributed by atoms with Crippen LogP contribution in [0.2, 0.25) is 0 Å². The highest BCUT2D eigenvalue weighted by Gasteiger charge is 2.21. The van der Waals surface area contributed by atoms with Gasteiger partial charge in [-0.25, -0.2) is 0 Å². The van der Waals surface area contributed by atoms with Gasteiger partial charge < -0.3 is 5.32 Å². The number of thiophene rings is 2. The number of rotatable bonds is 3. The first-order valence-corrected chi connectivity index (χ1v) is 9.89. The van der Waals surface area contributed by atoms with Crippen LogP contribution < -0.4 is 5.32 Å². The minimum absolute atomic E-state index is 0.343. The summed E-state index contributed by atoms with van der Waals surface area (Å²) in [6.07, 6.45) is 1.24. The summed E-state index contributed by atoms with van der Waals surface area (Å²) in [5.41, 5.74) is 1.56. The van der Waals surface area contributed by atoms with Gasteiger partial charge in [0.1, 0.15) is 0 Å². The fourth-order valence-corrected chi connectivity index (χ4v) is 6.63. The minimum Gasteiger partial charge on any atom is -0.308 e. The molecule has 0 saturated carbocycles. The highest BCUT2D eigenvalue weighted by Crippen LogP contribution is 2.39. The molecule has 2 aromatic rings. The van der Waals surface area contributed by atoms with E-state index in [1.807, 2.05) is 22.7 Å². The Labute approximate surface area is 134 Å². The van der Waals surface area contributed by atoms with E-state index in [9.17, 15) is 0 Å². The van der Waals surface area contributed by atoms with Crippen molar-refractivity contribution in [3.05, 3.63) is 41.7 Å². The second-order valence-electron chi connectivity index (χ2n) is 4.67. The molecule has 3 heterocycles. The number of fused-ring (bicyclic) bond motifs is 1. The molecule has 0 saturated heterocycles. The van der Waals surface area contributed by atoms with Crippen molar-refractivity contribution in [3.63, 3.8) is 0 Å². The monoisotopic (exact) mass is 373 g/mol. The average Bonchev–Trinajstić information content (AvgIpc) is 2.95. The van der Waals surface area contributed by atoms with Crippen LogP contribution in [0.5, 0.6) is 0 Å². The third kappa shape index (κ3) is 2.81. The van der Waals surface area contributed by atoms with Gasteiger partial charge in [-0.2, -0.15) is 11.8 Å². The molecule has 0 radical (unpaired) electrons. The molecule has 3 rings (SSSR count). The van der Waals surface area contributed by atoms with Gasteiger partial charge in [-0.1, -0.05) is 0 Å². The van der Waals surface area contributed by atoms with Gasteiger partial charge in [-0.15, -0.1) is 22.7 Å². The lowest BCUT2D eigenvalue weighted by Crippen LogP contribution is -2.15. The van der Waals surface area contributed by atoms with E-state index >= 15 is 0 Å². The van der Waals surface area contributed by atoms with Gasteiger partial charge in [-0.05, 0) is 59.8 Å². The van der Waals surface area contributed by atoms with E-state index in [0.29, 0.717) is 6.04 Å². The van der Waals surface area contributed by atoms with Crippen molar-refractivity contribution < 1.29 is 0 Å². The van der Waals surface area contributed by atoms with Crippen molar-refractivity contribution in [1.82, 2.24) is 5.32 Å². The second kappa shape index (κ2) is 5.90. The Hall–Kier alpha value is 0.190. The van der Waals surface area contributed by atoms with Crippen molar-refractivity contribution in [2.45, 2.75) is 25.1 Å². The number of hydrogen-bond donors (Lipinski definition) is 1. The van der Waals surface area contributed by atoms with Gasteiger partial charge in [-0.3, -0.25) is 0 Å². The molecule has 0 bridgehead atoms. The molecule has 0 amide bonds. The largest absolute Gasteiger partial charge is 0.308 e. The summed E-state index contributed by atoms with van der Waals surface area (Å²) in [4.78, 5) is 5.82. The number of thioether (sulfide) groups is 1. The predicted octanol–water partition coefficient (Wildman–Crippen LogP) is 4.98. The highest BCUT2D eigenvalue weighted by atomic mass is 79.9. The van der Waals surface area contributed by atoms with Crippen LogP contribution >= 0.6 is 50.4 Å². The number of hydrogen-bond acceptors (Lipinski definition) is 4. The van der Waals surface area contributed by atoms with E-state index in [0.717, 1.165) is 0 Å². The van der Waals surface area contributed by atoms with Crippen molar-refractivity contribution in [3.8, 4) is 0 Å². The zero-order valence-electron chi connectivity index (χ0n) is 11.0. The summed E-state index contributed by atoms with van der Waals surface area (Å²) in [7, 11) is 2.06. The first kappa shape index (κ1) is 14.1. The summed E-state index contributed by atoms with van der Waals surface area (Å²) in [5.74, 6) is 2.47. The van der Waals surface area contributed by atoms with Crippen molar-refractivity contribution in [1.29, 1.82) is 0 Å². The Kier molecular flexibility index (Phi) is 4.39. The molecule has 1 nitrogen and oxygen atoms in total. The van der Waals surface area contributed by atoms with Gasteiger partial charge >= 0.3 is 0 Å². The lowest BCUT2D eigenvalue weighted by molar-refractivity contribution is 0.716. The Morgan fingerprint density at radius 3 is 2.68 bits per heavy atom. The molecule has 0 aliphatic carbocycles. The van der Waals surface area contributed by atoms with E-state index < -0.39 is 0 Å². The van der Waals surface area contributed by atoms with Gasteiger partial charge in [0.15, 0.2) is 0 Å². The van der Waals surface area contributed by atoms with Gasteiger partial charge in [0.2, 0.25) is 0 Å². The molecule has 0 fully saturated rings. The molecule has 0 spiro atoms. The van der Waals surface area contributed by atoms with E-state index in [4.69, 9.17) is 0 Å².